The van der Waals surface area contributed by atoms with Crippen molar-refractivity contribution in [3.8, 4) is 23.4 Å². The summed E-state index contributed by atoms with van der Waals surface area (Å²) in [7, 11) is 0. The molecule has 0 aromatic carbocycles. The molecule has 0 bridgehead atoms. The topological polar surface area (TPSA) is 147 Å². The minimum Gasteiger partial charge on any atom is -0.355 e. The number of nitriles is 2. The molecule has 3 aliphatic rings. The van der Waals surface area contributed by atoms with Crippen molar-refractivity contribution in [1.82, 2.24) is 39.5 Å². The van der Waals surface area contributed by atoms with Gasteiger partial charge in [0.25, 0.3) is 0 Å². The van der Waals surface area contributed by atoms with Crippen molar-refractivity contribution in [2.45, 2.75) is 50.6 Å². The average Bonchev–Trinajstić information content (AvgIpc) is 3.73. The third kappa shape index (κ3) is 4.95. The van der Waals surface area contributed by atoms with Gasteiger partial charge in [0.15, 0.2) is 0 Å². The van der Waals surface area contributed by atoms with Crippen LogP contribution >= 0.6 is 0 Å². The molecule has 7 rings (SSSR count). The summed E-state index contributed by atoms with van der Waals surface area (Å²) >= 11 is 0. The molecule has 0 saturated carbocycles. The Kier molecular flexibility index (Phi) is 7.23. The maximum Gasteiger partial charge on any atom is 0.225 e. The van der Waals surface area contributed by atoms with E-state index in [0.717, 1.165) is 98.8 Å². The van der Waals surface area contributed by atoms with Crippen LogP contribution < -0.4 is 4.90 Å². The number of aromatic amines is 1. The lowest BCUT2D eigenvalue weighted by molar-refractivity contribution is -0.138. The van der Waals surface area contributed by atoms with E-state index in [4.69, 9.17) is 5.10 Å². The molecule has 0 radical (unpaired) electrons. The van der Waals surface area contributed by atoms with Crippen LogP contribution in [0.4, 0.5) is 5.82 Å². The van der Waals surface area contributed by atoms with E-state index < -0.39 is 0 Å². The molecule has 44 heavy (non-hydrogen) atoms. The van der Waals surface area contributed by atoms with E-state index in [-0.39, 0.29) is 17.4 Å². The summed E-state index contributed by atoms with van der Waals surface area (Å²) in [4.78, 5) is 36.6. The standard InChI is InChI=1S/C32H35N11O/c1-22-2-3-24(16-34)30(39-22)40-12-5-23(6-13-40)31(44)41-14-7-26(8-15-41)42-19-32(20-42,9-10-33)43-18-25(17-38-43)28-27-4-11-35-29(27)37-21-36-28/h2-4,11,17-18,21,23,26H,5-9,12-15,19-20H2,1H3,(H,35,36,37). The highest BCUT2D eigenvalue weighted by atomic mass is 16.2. The monoisotopic (exact) mass is 589 g/mol. The molecule has 12 heteroatoms. The summed E-state index contributed by atoms with van der Waals surface area (Å²) in [5.41, 5.74) is 3.63. The van der Waals surface area contributed by atoms with E-state index in [2.05, 4.69) is 41.9 Å². The number of piperidine rings is 2. The zero-order chi connectivity index (χ0) is 30.3. The predicted molar refractivity (Wildman–Crippen MR) is 163 cm³/mol. The minimum atomic E-state index is -0.365. The number of pyridine rings is 1. The number of anilines is 1. The Bertz CT molecular complexity index is 1760. The summed E-state index contributed by atoms with van der Waals surface area (Å²) in [6.07, 6.45) is 11.0. The predicted octanol–water partition coefficient (Wildman–Crippen LogP) is 3.23. The van der Waals surface area contributed by atoms with Gasteiger partial charge in [-0.2, -0.15) is 15.6 Å². The van der Waals surface area contributed by atoms with Crippen molar-refractivity contribution in [3.63, 3.8) is 0 Å². The fraction of sp³-hybridized carbons (Fsp3) is 0.469. The average molecular weight is 590 g/mol. The molecule has 3 aliphatic heterocycles. The minimum absolute atomic E-state index is 0.0156. The number of likely N-dealkylation sites (tertiary alicyclic amines) is 2. The SMILES string of the molecule is Cc1ccc(C#N)c(N2CCC(C(=O)N3CCC(N4CC(CC#N)(n5cc(-c6ncnc7[nH]ccc67)cn5)C4)CC3)CC2)n1. The van der Waals surface area contributed by atoms with Gasteiger partial charge < -0.3 is 14.8 Å². The van der Waals surface area contributed by atoms with Gasteiger partial charge in [-0.1, -0.05) is 0 Å². The second-order valence-electron chi connectivity index (χ2n) is 12.4. The Morgan fingerprint density at radius 2 is 1.86 bits per heavy atom. The molecule has 0 aliphatic carbocycles. The number of fused-ring (bicyclic) bond motifs is 1. The molecule has 1 amide bonds. The third-order valence-corrected chi connectivity index (χ3v) is 9.67. The zero-order valence-corrected chi connectivity index (χ0v) is 24.9. The molecule has 0 unspecified atom stereocenters. The van der Waals surface area contributed by atoms with E-state index in [0.29, 0.717) is 18.0 Å². The van der Waals surface area contributed by atoms with Gasteiger partial charge in [-0.05, 0) is 50.8 Å². The molecule has 3 saturated heterocycles. The number of nitrogens with one attached hydrogen (secondary N) is 1. The molecule has 224 valence electrons. The molecule has 4 aromatic heterocycles. The van der Waals surface area contributed by atoms with Crippen LogP contribution in [0.1, 0.15) is 43.4 Å². The Balaban J connectivity index is 0.938. The van der Waals surface area contributed by atoms with E-state index in [1.165, 1.54) is 0 Å². The molecular formula is C32H35N11O. The first-order valence-corrected chi connectivity index (χ1v) is 15.3. The highest BCUT2D eigenvalue weighted by Crippen LogP contribution is 2.37. The molecule has 3 fully saturated rings. The van der Waals surface area contributed by atoms with Crippen LogP contribution in [0.5, 0.6) is 0 Å². The summed E-state index contributed by atoms with van der Waals surface area (Å²) in [5, 5.41) is 24.9. The van der Waals surface area contributed by atoms with Crippen LogP contribution in [0, 0.1) is 35.5 Å². The van der Waals surface area contributed by atoms with Crippen LogP contribution in [0.15, 0.2) is 43.1 Å². The van der Waals surface area contributed by atoms with Gasteiger partial charge in [-0.15, -0.1) is 0 Å². The van der Waals surface area contributed by atoms with Crippen molar-refractivity contribution in [2.24, 2.45) is 5.92 Å². The van der Waals surface area contributed by atoms with Gasteiger partial charge in [-0.25, -0.2) is 15.0 Å². The Morgan fingerprint density at radius 3 is 2.61 bits per heavy atom. The number of aryl methyl sites for hydroxylation is 1. The normalized spacial score (nSPS) is 19.4. The van der Waals surface area contributed by atoms with Gasteiger partial charge in [-0.3, -0.25) is 14.4 Å². The first-order valence-electron chi connectivity index (χ1n) is 15.3. The van der Waals surface area contributed by atoms with Gasteiger partial charge in [0.1, 0.15) is 29.4 Å². The number of hydrogen-bond acceptors (Lipinski definition) is 9. The van der Waals surface area contributed by atoms with Crippen molar-refractivity contribution in [1.29, 1.82) is 10.5 Å². The number of aromatic nitrogens is 6. The third-order valence-electron chi connectivity index (χ3n) is 9.67. The van der Waals surface area contributed by atoms with Crippen LogP contribution in [0.3, 0.4) is 0 Å². The molecule has 12 nitrogen and oxygen atoms in total. The summed E-state index contributed by atoms with van der Waals surface area (Å²) < 4.78 is 1.96. The number of H-pyrrole nitrogens is 1. The number of carbonyl (C=O) groups excluding carboxylic acids is 1. The molecule has 0 atom stereocenters. The van der Waals surface area contributed by atoms with Crippen molar-refractivity contribution >= 4 is 22.8 Å². The first kappa shape index (κ1) is 28.0. The Morgan fingerprint density at radius 1 is 1.07 bits per heavy atom. The van der Waals surface area contributed by atoms with Gasteiger partial charge in [0, 0.05) is 80.3 Å². The van der Waals surface area contributed by atoms with Crippen molar-refractivity contribution in [2.75, 3.05) is 44.2 Å². The smallest absolute Gasteiger partial charge is 0.225 e. The Labute approximate surface area is 255 Å². The number of hydrogen-bond donors (Lipinski definition) is 1. The fourth-order valence-electron chi connectivity index (χ4n) is 7.18. The first-order chi connectivity index (χ1) is 21.5. The van der Waals surface area contributed by atoms with E-state index in [1.807, 2.05) is 53.3 Å². The highest BCUT2D eigenvalue weighted by Gasteiger charge is 2.48. The molecular weight excluding hydrogens is 554 g/mol. The largest absolute Gasteiger partial charge is 0.355 e. The quantitative estimate of drug-likeness (QED) is 0.358. The fourth-order valence-corrected chi connectivity index (χ4v) is 7.18. The maximum absolute atomic E-state index is 13.5. The molecule has 4 aromatic rings. The number of amides is 1. The van der Waals surface area contributed by atoms with Crippen LogP contribution in [-0.4, -0.2) is 90.7 Å². The van der Waals surface area contributed by atoms with Crippen LogP contribution in [0.2, 0.25) is 0 Å². The molecule has 1 N–H and O–H groups in total. The van der Waals surface area contributed by atoms with Crippen LogP contribution in [0.25, 0.3) is 22.3 Å². The van der Waals surface area contributed by atoms with E-state index in [1.54, 1.807) is 6.33 Å². The zero-order valence-electron chi connectivity index (χ0n) is 24.9. The van der Waals surface area contributed by atoms with Crippen molar-refractivity contribution in [3.05, 3.63) is 54.4 Å². The van der Waals surface area contributed by atoms with E-state index >= 15 is 0 Å². The van der Waals surface area contributed by atoms with Gasteiger partial charge >= 0.3 is 0 Å². The number of rotatable bonds is 6. The molecule has 7 heterocycles. The lowest BCUT2D eigenvalue weighted by Gasteiger charge is -2.53. The Hall–Kier alpha value is -4.81. The summed E-state index contributed by atoms with van der Waals surface area (Å²) in [6, 6.07) is 10.7. The number of carbonyl (C=O) groups is 1. The van der Waals surface area contributed by atoms with E-state index in [9.17, 15) is 15.3 Å². The maximum atomic E-state index is 13.5. The van der Waals surface area contributed by atoms with Crippen LogP contribution in [-0.2, 0) is 10.3 Å². The second-order valence-corrected chi connectivity index (χ2v) is 12.4. The number of nitrogens with zero attached hydrogens (tertiary/aromatic N) is 10. The highest BCUT2D eigenvalue weighted by molar-refractivity contribution is 5.90. The summed E-state index contributed by atoms with van der Waals surface area (Å²) in [5.74, 6) is 1.01. The molecule has 0 spiro atoms. The summed E-state index contributed by atoms with van der Waals surface area (Å²) in [6.45, 7) is 6.44. The van der Waals surface area contributed by atoms with Gasteiger partial charge in [0.05, 0.1) is 29.9 Å². The van der Waals surface area contributed by atoms with Gasteiger partial charge in [0.2, 0.25) is 5.91 Å². The second kappa shape index (κ2) is 11.4. The lowest BCUT2D eigenvalue weighted by atomic mass is 9.83. The van der Waals surface area contributed by atoms with Crippen molar-refractivity contribution < 1.29 is 4.79 Å². The lowest BCUT2D eigenvalue weighted by Crippen LogP contribution is -2.66.